The van der Waals surface area contributed by atoms with E-state index in [-0.39, 0.29) is 12.8 Å². The Kier molecular flexibility index (Phi) is 2.67. The maximum absolute atomic E-state index is 10.8. The van der Waals surface area contributed by atoms with Crippen LogP contribution in [0.25, 0.3) is 0 Å². The SMILES string of the molecule is N[C@@H](C[C@@]1(C(=O)O)C[C@@H]1C(=O)O)C(=O)O. The molecule has 0 saturated heterocycles. The summed E-state index contributed by atoms with van der Waals surface area (Å²) in [5.74, 6) is -4.88. The van der Waals surface area contributed by atoms with E-state index in [4.69, 9.17) is 21.1 Å². The molecule has 0 aliphatic heterocycles. The van der Waals surface area contributed by atoms with Gasteiger partial charge in [-0.3, -0.25) is 14.4 Å². The van der Waals surface area contributed by atoms with Gasteiger partial charge in [0.05, 0.1) is 11.3 Å². The molecule has 84 valence electrons. The summed E-state index contributed by atoms with van der Waals surface area (Å²) < 4.78 is 0. The Hall–Kier alpha value is -1.63. The highest BCUT2D eigenvalue weighted by Gasteiger charge is 2.65. The number of nitrogens with two attached hydrogens (primary N) is 1. The molecule has 0 amide bonds. The van der Waals surface area contributed by atoms with E-state index in [1.807, 2.05) is 0 Å². The minimum atomic E-state index is -1.50. The number of hydrogen-bond donors (Lipinski definition) is 4. The summed E-state index contributed by atoms with van der Waals surface area (Å²) in [7, 11) is 0. The van der Waals surface area contributed by atoms with Gasteiger partial charge < -0.3 is 21.1 Å². The molecule has 0 heterocycles. The Bertz CT molecular complexity index is 327. The quantitative estimate of drug-likeness (QED) is 0.461. The van der Waals surface area contributed by atoms with Crippen LogP contribution in [0.3, 0.4) is 0 Å². The van der Waals surface area contributed by atoms with E-state index in [0.717, 1.165) is 0 Å². The molecule has 0 aromatic carbocycles. The number of rotatable bonds is 5. The lowest BCUT2D eigenvalue weighted by atomic mass is 9.94. The molecule has 15 heavy (non-hydrogen) atoms. The molecule has 0 radical (unpaired) electrons. The van der Waals surface area contributed by atoms with Gasteiger partial charge in [-0.15, -0.1) is 0 Å². The first-order chi connectivity index (χ1) is 6.81. The summed E-state index contributed by atoms with van der Waals surface area (Å²) in [4.78, 5) is 31.9. The summed E-state index contributed by atoms with van der Waals surface area (Å²) in [5.41, 5.74) is 3.69. The van der Waals surface area contributed by atoms with Gasteiger partial charge in [0, 0.05) is 0 Å². The predicted octanol–water partition coefficient (Wildman–Crippen LogP) is -1.04. The molecule has 0 spiro atoms. The van der Waals surface area contributed by atoms with Crippen molar-refractivity contribution < 1.29 is 29.7 Å². The van der Waals surface area contributed by atoms with Gasteiger partial charge in [0.2, 0.25) is 0 Å². The van der Waals surface area contributed by atoms with Gasteiger partial charge in [-0.2, -0.15) is 0 Å². The van der Waals surface area contributed by atoms with Crippen molar-refractivity contribution in [1.82, 2.24) is 0 Å². The first kappa shape index (κ1) is 11.4. The summed E-state index contributed by atoms with van der Waals surface area (Å²) >= 11 is 0. The number of carboxylic acid groups (broad SMARTS) is 3. The molecule has 0 aromatic rings. The lowest BCUT2D eigenvalue weighted by Gasteiger charge is -2.13. The average Bonchev–Trinajstić information content (AvgIpc) is 2.80. The van der Waals surface area contributed by atoms with Crippen molar-refractivity contribution in [3.63, 3.8) is 0 Å². The van der Waals surface area contributed by atoms with Gasteiger partial charge in [0.25, 0.3) is 0 Å². The monoisotopic (exact) mass is 217 g/mol. The van der Waals surface area contributed by atoms with Gasteiger partial charge in [-0.05, 0) is 12.8 Å². The van der Waals surface area contributed by atoms with Gasteiger partial charge in [-0.1, -0.05) is 0 Å². The lowest BCUT2D eigenvalue weighted by molar-refractivity contribution is -0.150. The Morgan fingerprint density at radius 3 is 2.13 bits per heavy atom. The standard InChI is InChI=1S/C8H11NO6/c9-4(6(12)13)2-8(7(14)15)1-3(8)5(10)11/h3-4H,1-2,9H2,(H,10,11)(H,12,13)(H,14,15)/t3-,4+,8+/m1/s1. The van der Waals surface area contributed by atoms with Crippen LogP contribution >= 0.6 is 0 Å². The minimum absolute atomic E-state index is 0.0569. The number of aliphatic carboxylic acids is 3. The molecular formula is C8H11NO6. The highest BCUT2D eigenvalue weighted by atomic mass is 16.4. The van der Waals surface area contributed by atoms with E-state index >= 15 is 0 Å². The van der Waals surface area contributed by atoms with E-state index in [0.29, 0.717) is 0 Å². The largest absolute Gasteiger partial charge is 0.481 e. The molecule has 5 N–H and O–H groups in total. The third-order valence-electron chi connectivity index (χ3n) is 2.70. The smallest absolute Gasteiger partial charge is 0.320 e. The van der Waals surface area contributed by atoms with E-state index in [1.165, 1.54) is 0 Å². The van der Waals surface area contributed by atoms with Crippen molar-refractivity contribution in [1.29, 1.82) is 0 Å². The van der Waals surface area contributed by atoms with Gasteiger partial charge in [-0.25, -0.2) is 0 Å². The first-order valence-corrected chi connectivity index (χ1v) is 4.26. The van der Waals surface area contributed by atoms with Crippen molar-refractivity contribution in [2.75, 3.05) is 0 Å². The van der Waals surface area contributed by atoms with E-state index < -0.39 is 35.3 Å². The van der Waals surface area contributed by atoms with Gasteiger partial charge >= 0.3 is 17.9 Å². The van der Waals surface area contributed by atoms with Crippen molar-refractivity contribution in [3.05, 3.63) is 0 Å². The number of carboxylic acids is 3. The summed E-state index contributed by atoms with van der Waals surface area (Å²) in [5, 5.41) is 26.0. The zero-order valence-electron chi connectivity index (χ0n) is 7.71. The minimum Gasteiger partial charge on any atom is -0.481 e. The summed E-state index contributed by atoms with van der Waals surface area (Å²) in [6, 6.07) is -1.34. The third kappa shape index (κ3) is 1.91. The Morgan fingerprint density at radius 2 is 1.87 bits per heavy atom. The predicted molar refractivity (Wildman–Crippen MR) is 46.0 cm³/mol. The average molecular weight is 217 g/mol. The molecule has 7 nitrogen and oxygen atoms in total. The fourth-order valence-electron chi connectivity index (χ4n) is 1.66. The molecule has 1 fully saturated rings. The van der Waals surface area contributed by atoms with Crippen molar-refractivity contribution in [2.45, 2.75) is 18.9 Å². The molecule has 7 heteroatoms. The molecule has 1 rings (SSSR count). The van der Waals surface area contributed by atoms with E-state index in [1.54, 1.807) is 0 Å². The number of carbonyl (C=O) groups is 3. The number of hydrogen-bond acceptors (Lipinski definition) is 4. The van der Waals surface area contributed by atoms with Crippen LogP contribution in [-0.2, 0) is 14.4 Å². The molecular weight excluding hydrogens is 206 g/mol. The normalized spacial score (nSPS) is 30.6. The van der Waals surface area contributed by atoms with Crippen LogP contribution in [-0.4, -0.2) is 39.3 Å². The highest BCUT2D eigenvalue weighted by Crippen LogP contribution is 2.56. The second kappa shape index (κ2) is 3.50. The molecule has 3 atom stereocenters. The lowest BCUT2D eigenvalue weighted by Crippen LogP contribution is -2.36. The van der Waals surface area contributed by atoms with Crippen LogP contribution in [0.1, 0.15) is 12.8 Å². The third-order valence-corrected chi connectivity index (χ3v) is 2.70. The van der Waals surface area contributed by atoms with Crippen LogP contribution in [0.15, 0.2) is 0 Å². The first-order valence-electron chi connectivity index (χ1n) is 4.26. The summed E-state index contributed by atoms with van der Waals surface area (Å²) in [6.07, 6.45) is -0.409. The Balaban J connectivity index is 2.75. The topological polar surface area (TPSA) is 138 Å². The fraction of sp³-hybridized carbons (Fsp3) is 0.625. The molecule has 1 aliphatic carbocycles. The maximum atomic E-state index is 10.8. The molecule has 0 unspecified atom stereocenters. The molecule has 1 aliphatic rings. The molecule has 0 bridgehead atoms. The van der Waals surface area contributed by atoms with Crippen molar-refractivity contribution in [3.8, 4) is 0 Å². The highest BCUT2D eigenvalue weighted by molar-refractivity contribution is 5.90. The Morgan fingerprint density at radius 1 is 1.33 bits per heavy atom. The molecule has 1 saturated carbocycles. The van der Waals surface area contributed by atoms with Crippen LogP contribution in [0.4, 0.5) is 0 Å². The van der Waals surface area contributed by atoms with Crippen LogP contribution in [0.5, 0.6) is 0 Å². The molecule has 0 aromatic heterocycles. The van der Waals surface area contributed by atoms with E-state index in [2.05, 4.69) is 0 Å². The fourth-order valence-corrected chi connectivity index (χ4v) is 1.66. The maximum Gasteiger partial charge on any atom is 0.320 e. The van der Waals surface area contributed by atoms with Crippen LogP contribution in [0.2, 0.25) is 0 Å². The van der Waals surface area contributed by atoms with Crippen molar-refractivity contribution >= 4 is 17.9 Å². The van der Waals surface area contributed by atoms with Crippen molar-refractivity contribution in [2.24, 2.45) is 17.1 Å². The zero-order chi connectivity index (χ0) is 11.8. The Labute approximate surface area is 84.5 Å². The van der Waals surface area contributed by atoms with Crippen LogP contribution in [0, 0.1) is 11.3 Å². The van der Waals surface area contributed by atoms with E-state index in [9.17, 15) is 14.4 Å². The summed E-state index contributed by atoms with van der Waals surface area (Å²) in [6.45, 7) is 0. The van der Waals surface area contributed by atoms with Crippen LogP contribution < -0.4 is 5.73 Å². The zero-order valence-corrected chi connectivity index (χ0v) is 7.71. The second-order valence-electron chi connectivity index (χ2n) is 3.71. The second-order valence-corrected chi connectivity index (χ2v) is 3.71. The van der Waals surface area contributed by atoms with Gasteiger partial charge in [0.15, 0.2) is 0 Å². The van der Waals surface area contributed by atoms with Gasteiger partial charge in [0.1, 0.15) is 6.04 Å².